The topological polar surface area (TPSA) is 29.3 Å². The smallest absolute Gasteiger partial charge is 0.0221 e. The summed E-state index contributed by atoms with van der Waals surface area (Å²) in [5.74, 6) is 0.996. The third-order valence-electron chi connectivity index (χ3n) is 4.50. The molecule has 0 spiro atoms. The second-order valence-corrected chi connectivity index (χ2v) is 5.36. The SMILES string of the molecule is CCC1CCC(N2CCCCC2CN)C1. The van der Waals surface area contributed by atoms with E-state index in [4.69, 9.17) is 5.73 Å². The van der Waals surface area contributed by atoms with Gasteiger partial charge in [0.15, 0.2) is 0 Å². The van der Waals surface area contributed by atoms with Crippen LogP contribution in [0, 0.1) is 5.92 Å². The monoisotopic (exact) mass is 210 g/mol. The molecule has 3 unspecified atom stereocenters. The van der Waals surface area contributed by atoms with Crippen LogP contribution in [0.1, 0.15) is 51.9 Å². The molecule has 0 aromatic heterocycles. The summed E-state index contributed by atoms with van der Waals surface area (Å²) in [7, 11) is 0. The zero-order valence-electron chi connectivity index (χ0n) is 10.1. The van der Waals surface area contributed by atoms with E-state index < -0.39 is 0 Å². The van der Waals surface area contributed by atoms with Crippen LogP contribution in [-0.2, 0) is 0 Å². The molecule has 2 N–H and O–H groups in total. The first-order chi connectivity index (χ1) is 7.35. The van der Waals surface area contributed by atoms with E-state index in [2.05, 4.69) is 11.8 Å². The molecule has 0 bridgehead atoms. The number of piperidine rings is 1. The average Bonchev–Trinajstić information content (AvgIpc) is 2.77. The maximum atomic E-state index is 5.89. The third-order valence-corrected chi connectivity index (χ3v) is 4.50. The van der Waals surface area contributed by atoms with Gasteiger partial charge in [-0.3, -0.25) is 4.90 Å². The van der Waals surface area contributed by atoms with Crippen LogP contribution in [0.15, 0.2) is 0 Å². The number of likely N-dealkylation sites (tertiary alicyclic amines) is 1. The molecule has 0 amide bonds. The lowest BCUT2D eigenvalue weighted by Gasteiger charge is -2.39. The Morgan fingerprint density at radius 1 is 1.20 bits per heavy atom. The van der Waals surface area contributed by atoms with Gasteiger partial charge in [-0.25, -0.2) is 0 Å². The maximum absolute atomic E-state index is 5.89. The second-order valence-electron chi connectivity index (χ2n) is 5.36. The van der Waals surface area contributed by atoms with Gasteiger partial charge in [-0.15, -0.1) is 0 Å². The number of rotatable bonds is 3. The standard InChI is InChI=1S/C13H26N2/c1-2-11-6-7-12(9-11)15-8-4-3-5-13(15)10-14/h11-13H,2-10,14H2,1H3. The van der Waals surface area contributed by atoms with Gasteiger partial charge in [0.05, 0.1) is 0 Å². The zero-order chi connectivity index (χ0) is 10.7. The lowest BCUT2D eigenvalue weighted by Crippen LogP contribution is -2.48. The van der Waals surface area contributed by atoms with Crippen LogP contribution >= 0.6 is 0 Å². The summed E-state index contributed by atoms with van der Waals surface area (Å²) in [4.78, 5) is 2.74. The molecule has 0 aromatic carbocycles. The van der Waals surface area contributed by atoms with Gasteiger partial charge in [-0.1, -0.05) is 19.8 Å². The summed E-state index contributed by atoms with van der Waals surface area (Å²) in [5, 5.41) is 0. The van der Waals surface area contributed by atoms with Crippen molar-refractivity contribution >= 4 is 0 Å². The van der Waals surface area contributed by atoms with Crippen LogP contribution in [0.2, 0.25) is 0 Å². The average molecular weight is 210 g/mol. The molecule has 2 fully saturated rings. The van der Waals surface area contributed by atoms with Gasteiger partial charge in [0.2, 0.25) is 0 Å². The van der Waals surface area contributed by atoms with Gasteiger partial charge in [-0.05, 0) is 44.6 Å². The largest absolute Gasteiger partial charge is 0.329 e. The van der Waals surface area contributed by atoms with Crippen molar-refractivity contribution in [2.45, 2.75) is 64.0 Å². The van der Waals surface area contributed by atoms with E-state index in [-0.39, 0.29) is 0 Å². The van der Waals surface area contributed by atoms with Crippen LogP contribution in [0.5, 0.6) is 0 Å². The molecule has 2 rings (SSSR count). The van der Waals surface area contributed by atoms with Crippen molar-refractivity contribution in [1.29, 1.82) is 0 Å². The van der Waals surface area contributed by atoms with Gasteiger partial charge >= 0.3 is 0 Å². The van der Waals surface area contributed by atoms with Gasteiger partial charge in [0.1, 0.15) is 0 Å². The molecule has 15 heavy (non-hydrogen) atoms. The Labute approximate surface area is 94.2 Å². The summed E-state index contributed by atoms with van der Waals surface area (Å²) in [6.07, 6.45) is 9.81. The Bertz CT molecular complexity index is 193. The highest BCUT2D eigenvalue weighted by Gasteiger charge is 2.32. The van der Waals surface area contributed by atoms with Crippen molar-refractivity contribution in [1.82, 2.24) is 4.90 Å². The third kappa shape index (κ3) is 2.54. The zero-order valence-corrected chi connectivity index (χ0v) is 10.1. The Hall–Kier alpha value is -0.0800. The minimum atomic E-state index is 0.694. The molecule has 1 aliphatic heterocycles. The molecule has 1 saturated heterocycles. The molecule has 1 aliphatic carbocycles. The summed E-state index contributed by atoms with van der Waals surface area (Å²) >= 11 is 0. The van der Waals surface area contributed by atoms with Crippen molar-refractivity contribution in [2.24, 2.45) is 11.7 Å². The molecule has 1 saturated carbocycles. The molecule has 88 valence electrons. The summed E-state index contributed by atoms with van der Waals surface area (Å²) in [6.45, 7) is 4.51. The van der Waals surface area contributed by atoms with Crippen molar-refractivity contribution < 1.29 is 0 Å². The van der Waals surface area contributed by atoms with Gasteiger partial charge in [-0.2, -0.15) is 0 Å². The number of nitrogens with two attached hydrogens (primary N) is 1. The normalized spacial score (nSPS) is 38.4. The first-order valence-corrected chi connectivity index (χ1v) is 6.81. The number of nitrogens with zero attached hydrogens (tertiary/aromatic N) is 1. The predicted octanol–water partition coefficient (Wildman–Crippen LogP) is 2.38. The van der Waals surface area contributed by atoms with Crippen molar-refractivity contribution in [3.8, 4) is 0 Å². The lowest BCUT2D eigenvalue weighted by molar-refractivity contribution is 0.0992. The Balaban J connectivity index is 1.90. The van der Waals surface area contributed by atoms with E-state index in [1.54, 1.807) is 0 Å². The van der Waals surface area contributed by atoms with Gasteiger partial charge < -0.3 is 5.73 Å². The van der Waals surface area contributed by atoms with Crippen LogP contribution in [0.25, 0.3) is 0 Å². The van der Waals surface area contributed by atoms with Crippen LogP contribution < -0.4 is 5.73 Å². The first kappa shape index (κ1) is 11.4. The molecule has 2 nitrogen and oxygen atoms in total. The molecule has 3 atom stereocenters. The molecule has 0 radical (unpaired) electrons. The minimum Gasteiger partial charge on any atom is -0.329 e. The van der Waals surface area contributed by atoms with E-state index in [1.165, 1.54) is 51.5 Å². The highest BCUT2D eigenvalue weighted by atomic mass is 15.2. The fourth-order valence-corrected chi connectivity index (χ4v) is 3.48. The highest BCUT2D eigenvalue weighted by molar-refractivity contribution is 4.88. The first-order valence-electron chi connectivity index (χ1n) is 6.81. The van der Waals surface area contributed by atoms with Gasteiger partial charge in [0.25, 0.3) is 0 Å². The van der Waals surface area contributed by atoms with Crippen molar-refractivity contribution in [2.75, 3.05) is 13.1 Å². The quantitative estimate of drug-likeness (QED) is 0.775. The molecule has 2 aliphatic rings. The summed E-state index contributed by atoms with van der Waals surface area (Å²) < 4.78 is 0. The summed E-state index contributed by atoms with van der Waals surface area (Å²) in [5.41, 5.74) is 5.89. The number of hydrogen-bond acceptors (Lipinski definition) is 2. The van der Waals surface area contributed by atoms with Crippen molar-refractivity contribution in [3.05, 3.63) is 0 Å². The molecule has 2 heteroatoms. The molecule has 0 aromatic rings. The van der Waals surface area contributed by atoms with Crippen molar-refractivity contribution in [3.63, 3.8) is 0 Å². The van der Waals surface area contributed by atoms with E-state index >= 15 is 0 Å². The molecule has 1 heterocycles. The fourth-order valence-electron chi connectivity index (χ4n) is 3.48. The Kier molecular flexibility index (Phi) is 4.04. The molecular weight excluding hydrogens is 184 g/mol. The summed E-state index contributed by atoms with van der Waals surface area (Å²) in [6, 6.07) is 1.56. The molecular formula is C13H26N2. The Morgan fingerprint density at radius 3 is 2.73 bits per heavy atom. The van der Waals surface area contributed by atoms with Crippen LogP contribution in [-0.4, -0.2) is 30.1 Å². The van der Waals surface area contributed by atoms with Crippen LogP contribution in [0.4, 0.5) is 0 Å². The minimum absolute atomic E-state index is 0.694. The van der Waals surface area contributed by atoms with Crippen LogP contribution in [0.3, 0.4) is 0 Å². The van der Waals surface area contributed by atoms with Gasteiger partial charge in [0, 0.05) is 18.6 Å². The van der Waals surface area contributed by atoms with E-state index in [0.29, 0.717) is 6.04 Å². The van der Waals surface area contributed by atoms with E-state index in [9.17, 15) is 0 Å². The predicted molar refractivity (Wildman–Crippen MR) is 64.8 cm³/mol. The highest BCUT2D eigenvalue weighted by Crippen LogP contribution is 2.34. The maximum Gasteiger partial charge on any atom is 0.0221 e. The number of hydrogen-bond donors (Lipinski definition) is 1. The second kappa shape index (κ2) is 5.31. The fraction of sp³-hybridized carbons (Fsp3) is 1.00. The van der Waals surface area contributed by atoms with E-state index in [1.807, 2.05) is 0 Å². The Morgan fingerprint density at radius 2 is 2.07 bits per heavy atom. The lowest BCUT2D eigenvalue weighted by atomic mass is 9.98. The van der Waals surface area contributed by atoms with E-state index in [0.717, 1.165) is 18.5 Å².